The summed E-state index contributed by atoms with van der Waals surface area (Å²) in [6.45, 7) is 3.65. The third-order valence-electron chi connectivity index (χ3n) is 3.61. The van der Waals surface area contributed by atoms with Gasteiger partial charge in [0.1, 0.15) is 0 Å². The van der Waals surface area contributed by atoms with Gasteiger partial charge >= 0.3 is 0 Å². The summed E-state index contributed by atoms with van der Waals surface area (Å²) in [6.07, 6.45) is 2.72. The number of hydrogen-bond acceptors (Lipinski definition) is 5. The minimum atomic E-state index is 0.559. The molecule has 1 heterocycles. The predicted octanol–water partition coefficient (Wildman–Crippen LogP) is 4.03. The molecule has 24 heavy (non-hydrogen) atoms. The zero-order valence-corrected chi connectivity index (χ0v) is 13.8. The third kappa shape index (κ3) is 4.07. The molecule has 1 aromatic heterocycles. The Bertz CT molecular complexity index is 746. The lowest BCUT2D eigenvalue weighted by Crippen LogP contribution is -2.19. The molecule has 0 bridgehead atoms. The van der Waals surface area contributed by atoms with Crippen molar-refractivity contribution in [3.8, 4) is 0 Å². The van der Waals surface area contributed by atoms with Gasteiger partial charge in [0.15, 0.2) is 5.82 Å². The van der Waals surface area contributed by atoms with Crippen LogP contribution in [0.1, 0.15) is 18.9 Å². The smallest absolute Gasteiger partial charge is 0.244 e. The number of para-hydroxylation sites is 1. The summed E-state index contributed by atoms with van der Waals surface area (Å²) >= 11 is 0. The van der Waals surface area contributed by atoms with E-state index in [0.717, 1.165) is 31.0 Å². The van der Waals surface area contributed by atoms with Gasteiger partial charge in [-0.2, -0.15) is 10.1 Å². The second-order valence-electron chi connectivity index (χ2n) is 5.47. The Labute approximate surface area is 142 Å². The van der Waals surface area contributed by atoms with Crippen molar-refractivity contribution in [2.24, 2.45) is 0 Å². The Kier molecular flexibility index (Phi) is 5.35. The minimum absolute atomic E-state index is 0.559. The van der Waals surface area contributed by atoms with Crippen molar-refractivity contribution >= 4 is 17.5 Å². The van der Waals surface area contributed by atoms with E-state index in [-0.39, 0.29) is 0 Å². The highest BCUT2D eigenvalue weighted by atomic mass is 15.3. The molecule has 5 nitrogen and oxygen atoms in total. The van der Waals surface area contributed by atoms with Gasteiger partial charge in [0.05, 0.1) is 6.20 Å². The zero-order chi connectivity index (χ0) is 16.6. The SMILES string of the molecule is CCCNc1nncc(N(Cc2ccccc2)c2ccccc2)n1. The highest BCUT2D eigenvalue weighted by Gasteiger charge is 2.13. The lowest BCUT2D eigenvalue weighted by atomic mass is 10.2. The van der Waals surface area contributed by atoms with Crippen molar-refractivity contribution in [3.05, 3.63) is 72.4 Å². The summed E-state index contributed by atoms with van der Waals surface area (Å²) in [5.74, 6) is 1.34. The zero-order valence-electron chi connectivity index (χ0n) is 13.8. The molecule has 122 valence electrons. The average Bonchev–Trinajstić information content (AvgIpc) is 2.66. The number of hydrogen-bond donors (Lipinski definition) is 1. The molecule has 2 aromatic carbocycles. The number of nitrogens with one attached hydrogen (secondary N) is 1. The molecular weight excluding hydrogens is 298 g/mol. The van der Waals surface area contributed by atoms with Crippen molar-refractivity contribution in [1.82, 2.24) is 15.2 Å². The topological polar surface area (TPSA) is 53.9 Å². The second-order valence-corrected chi connectivity index (χ2v) is 5.47. The molecule has 3 rings (SSSR count). The summed E-state index contributed by atoms with van der Waals surface area (Å²) in [6, 6.07) is 20.5. The summed E-state index contributed by atoms with van der Waals surface area (Å²) in [5, 5.41) is 11.4. The molecule has 0 aliphatic rings. The predicted molar refractivity (Wildman–Crippen MR) is 97.3 cm³/mol. The summed E-state index contributed by atoms with van der Waals surface area (Å²) in [4.78, 5) is 6.76. The average molecular weight is 319 g/mol. The molecule has 0 aliphatic carbocycles. The third-order valence-corrected chi connectivity index (χ3v) is 3.61. The Balaban J connectivity index is 1.92. The molecule has 0 saturated heterocycles. The van der Waals surface area contributed by atoms with Gasteiger partial charge < -0.3 is 10.2 Å². The van der Waals surface area contributed by atoms with Crippen LogP contribution in [0.3, 0.4) is 0 Å². The fourth-order valence-electron chi connectivity index (χ4n) is 2.42. The van der Waals surface area contributed by atoms with Crippen LogP contribution in [-0.4, -0.2) is 21.7 Å². The van der Waals surface area contributed by atoms with Crippen LogP contribution in [0.15, 0.2) is 66.9 Å². The molecule has 5 heteroatoms. The quantitative estimate of drug-likeness (QED) is 0.712. The Morgan fingerprint density at radius 3 is 2.38 bits per heavy atom. The van der Waals surface area contributed by atoms with Crippen molar-refractivity contribution < 1.29 is 0 Å². The van der Waals surface area contributed by atoms with Gasteiger partial charge in [-0.3, -0.25) is 0 Å². The first kappa shape index (κ1) is 15.9. The van der Waals surface area contributed by atoms with Gasteiger partial charge in [0.2, 0.25) is 5.95 Å². The number of aromatic nitrogens is 3. The van der Waals surface area contributed by atoms with Gasteiger partial charge in [-0.25, -0.2) is 0 Å². The van der Waals surface area contributed by atoms with E-state index >= 15 is 0 Å². The Morgan fingerprint density at radius 2 is 1.67 bits per heavy atom. The van der Waals surface area contributed by atoms with Gasteiger partial charge in [-0.1, -0.05) is 55.5 Å². The first-order valence-corrected chi connectivity index (χ1v) is 8.17. The number of rotatable bonds is 7. The fourth-order valence-corrected chi connectivity index (χ4v) is 2.42. The van der Waals surface area contributed by atoms with Crippen LogP contribution in [0.25, 0.3) is 0 Å². The van der Waals surface area contributed by atoms with Crippen LogP contribution in [0.5, 0.6) is 0 Å². The van der Waals surface area contributed by atoms with Gasteiger partial charge in [-0.05, 0) is 24.1 Å². The van der Waals surface area contributed by atoms with E-state index in [1.54, 1.807) is 6.20 Å². The number of benzene rings is 2. The first-order chi connectivity index (χ1) is 11.9. The molecule has 0 aliphatic heterocycles. The lowest BCUT2D eigenvalue weighted by molar-refractivity contribution is 0.877. The molecule has 0 radical (unpaired) electrons. The maximum absolute atomic E-state index is 4.62. The van der Waals surface area contributed by atoms with Crippen LogP contribution in [0.2, 0.25) is 0 Å². The molecule has 0 amide bonds. The molecule has 0 fully saturated rings. The van der Waals surface area contributed by atoms with Crippen LogP contribution in [-0.2, 0) is 6.54 Å². The maximum Gasteiger partial charge on any atom is 0.244 e. The van der Waals surface area contributed by atoms with E-state index in [9.17, 15) is 0 Å². The molecule has 3 aromatic rings. The van der Waals surface area contributed by atoms with E-state index < -0.39 is 0 Å². The van der Waals surface area contributed by atoms with Crippen LogP contribution >= 0.6 is 0 Å². The van der Waals surface area contributed by atoms with E-state index in [1.807, 2.05) is 36.4 Å². The van der Waals surface area contributed by atoms with Gasteiger partial charge in [0.25, 0.3) is 0 Å². The van der Waals surface area contributed by atoms with Crippen LogP contribution in [0.4, 0.5) is 17.5 Å². The minimum Gasteiger partial charge on any atom is -0.353 e. The highest BCUT2D eigenvalue weighted by Crippen LogP contribution is 2.25. The standard InChI is InChI=1S/C19H21N5/c1-2-13-20-19-22-18(14-21-23-19)24(17-11-7-4-8-12-17)15-16-9-5-3-6-10-16/h3-12,14H,2,13,15H2,1H3,(H,20,22,23). The van der Waals surface area contributed by atoms with Crippen LogP contribution < -0.4 is 10.2 Å². The largest absolute Gasteiger partial charge is 0.353 e. The summed E-state index contributed by atoms with van der Waals surface area (Å²) in [7, 11) is 0. The number of anilines is 3. The lowest BCUT2D eigenvalue weighted by Gasteiger charge is -2.24. The van der Waals surface area contributed by atoms with E-state index in [0.29, 0.717) is 5.95 Å². The normalized spacial score (nSPS) is 10.4. The molecular formula is C19H21N5. The van der Waals surface area contributed by atoms with Gasteiger partial charge in [-0.15, -0.1) is 5.10 Å². The monoisotopic (exact) mass is 319 g/mol. The van der Waals surface area contributed by atoms with E-state index in [2.05, 4.69) is 56.6 Å². The molecule has 0 atom stereocenters. The number of nitrogens with zero attached hydrogens (tertiary/aromatic N) is 4. The second kappa shape index (κ2) is 8.06. The van der Waals surface area contributed by atoms with Crippen molar-refractivity contribution in [2.75, 3.05) is 16.8 Å². The van der Waals surface area contributed by atoms with E-state index in [4.69, 9.17) is 0 Å². The highest BCUT2D eigenvalue weighted by molar-refractivity contribution is 5.60. The molecule has 1 N–H and O–H groups in total. The van der Waals surface area contributed by atoms with Crippen molar-refractivity contribution in [1.29, 1.82) is 0 Å². The van der Waals surface area contributed by atoms with Crippen molar-refractivity contribution in [2.45, 2.75) is 19.9 Å². The summed E-state index contributed by atoms with van der Waals surface area (Å²) < 4.78 is 0. The molecule has 0 saturated carbocycles. The molecule has 0 spiro atoms. The van der Waals surface area contributed by atoms with Crippen molar-refractivity contribution in [3.63, 3.8) is 0 Å². The van der Waals surface area contributed by atoms with Crippen LogP contribution in [0, 0.1) is 0 Å². The maximum atomic E-state index is 4.62. The first-order valence-electron chi connectivity index (χ1n) is 8.17. The summed E-state index contributed by atoms with van der Waals surface area (Å²) in [5.41, 5.74) is 2.28. The van der Waals surface area contributed by atoms with E-state index in [1.165, 1.54) is 5.56 Å². The molecule has 0 unspecified atom stereocenters. The Hall–Kier alpha value is -2.95. The Morgan fingerprint density at radius 1 is 0.958 bits per heavy atom. The van der Waals surface area contributed by atoms with Gasteiger partial charge in [0, 0.05) is 18.8 Å². The fraction of sp³-hybridized carbons (Fsp3) is 0.211.